The van der Waals surface area contributed by atoms with Gasteiger partial charge >= 0.3 is 12.4 Å². The monoisotopic (exact) mass is 640 g/mol. The van der Waals surface area contributed by atoms with E-state index in [1.807, 2.05) is 0 Å². The summed E-state index contributed by atoms with van der Waals surface area (Å²) in [6.45, 7) is 1.80. The first-order valence-electron chi connectivity index (χ1n) is 13.6. The Balaban J connectivity index is 1.25. The van der Waals surface area contributed by atoms with Crippen LogP contribution in [0, 0.1) is 12.7 Å². The maximum Gasteiger partial charge on any atom is 0.416 e. The third kappa shape index (κ3) is 5.85. The van der Waals surface area contributed by atoms with Crippen LogP contribution in [0.25, 0.3) is 33.8 Å². The maximum atomic E-state index is 14.3. The number of benzene rings is 3. The lowest BCUT2D eigenvalue weighted by Crippen LogP contribution is -2.07. The molecule has 3 aromatic carbocycles. The van der Waals surface area contributed by atoms with Crippen molar-refractivity contribution < 1.29 is 35.5 Å². The van der Waals surface area contributed by atoms with Crippen LogP contribution >= 0.6 is 0 Å². The van der Waals surface area contributed by atoms with Crippen molar-refractivity contribution in [3.8, 4) is 34.3 Å². The molecular formula is C32H23F7N6O. The normalized spacial score (nSPS) is 12.1. The van der Waals surface area contributed by atoms with E-state index in [1.54, 1.807) is 60.5 Å². The van der Waals surface area contributed by atoms with Crippen molar-refractivity contribution in [2.45, 2.75) is 19.3 Å². The number of rotatable bonds is 6. The Labute approximate surface area is 256 Å². The quantitative estimate of drug-likeness (QED) is 0.184. The lowest BCUT2D eigenvalue weighted by Gasteiger charge is -2.11. The van der Waals surface area contributed by atoms with E-state index in [1.165, 1.54) is 18.3 Å². The summed E-state index contributed by atoms with van der Waals surface area (Å²) < 4.78 is 102. The molecule has 6 rings (SSSR count). The summed E-state index contributed by atoms with van der Waals surface area (Å²) in [4.78, 5) is 13.5. The van der Waals surface area contributed by atoms with Gasteiger partial charge < -0.3 is 19.2 Å². The van der Waals surface area contributed by atoms with E-state index >= 15 is 0 Å². The van der Waals surface area contributed by atoms with E-state index in [4.69, 9.17) is 4.74 Å². The summed E-state index contributed by atoms with van der Waals surface area (Å²) in [5.74, 6) is 0.510. The number of nitrogens with one attached hydrogen (secondary N) is 1. The number of hydrogen-bond donors (Lipinski definition) is 1. The van der Waals surface area contributed by atoms with Crippen LogP contribution in [0.15, 0.2) is 79.0 Å². The number of hydrogen-bond acceptors (Lipinski definition) is 5. The third-order valence-electron chi connectivity index (χ3n) is 7.46. The molecule has 0 amide bonds. The molecule has 0 radical (unpaired) electrons. The molecule has 0 saturated heterocycles. The van der Waals surface area contributed by atoms with Crippen LogP contribution in [0.5, 0.6) is 11.5 Å². The van der Waals surface area contributed by atoms with Crippen molar-refractivity contribution in [2.24, 2.45) is 14.1 Å². The molecule has 0 aliphatic carbocycles. The van der Waals surface area contributed by atoms with Crippen LogP contribution in [-0.2, 0) is 26.4 Å². The molecule has 14 heteroatoms. The number of imidazole rings is 2. The van der Waals surface area contributed by atoms with Crippen LogP contribution < -0.4 is 10.1 Å². The molecule has 0 bridgehead atoms. The SMILES string of the molecule is Cc1c(-c2ccc(C(F)(F)F)cc2)nc(-c2cc(Oc3ccc4c(c3)nc(Nc3cc(C(F)(F)F)ccc3F)n4C)ccn2)n1C. The molecule has 0 saturated carbocycles. The molecule has 6 aromatic rings. The van der Waals surface area contributed by atoms with Crippen molar-refractivity contribution >= 4 is 22.7 Å². The van der Waals surface area contributed by atoms with Crippen LogP contribution in [0.4, 0.5) is 42.4 Å². The molecule has 0 spiro atoms. The zero-order valence-corrected chi connectivity index (χ0v) is 24.3. The number of ether oxygens (including phenoxy) is 1. The smallest absolute Gasteiger partial charge is 0.416 e. The molecule has 3 heterocycles. The highest BCUT2D eigenvalue weighted by atomic mass is 19.4. The van der Waals surface area contributed by atoms with Gasteiger partial charge in [-0.25, -0.2) is 14.4 Å². The van der Waals surface area contributed by atoms with Gasteiger partial charge in [-0.1, -0.05) is 12.1 Å². The van der Waals surface area contributed by atoms with Crippen molar-refractivity contribution in [3.05, 3.63) is 102 Å². The number of aromatic nitrogens is 5. The highest BCUT2D eigenvalue weighted by molar-refractivity contribution is 5.81. The fourth-order valence-electron chi connectivity index (χ4n) is 4.90. The van der Waals surface area contributed by atoms with Gasteiger partial charge in [0.25, 0.3) is 0 Å². The summed E-state index contributed by atoms with van der Waals surface area (Å²) in [5, 5.41) is 2.64. The first kappa shape index (κ1) is 30.6. The molecule has 46 heavy (non-hydrogen) atoms. The molecule has 236 valence electrons. The predicted octanol–water partition coefficient (Wildman–Crippen LogP) is 9.06. The standard InChI is InChI=1S/C32H23F7N6O/c1-17-28(18-4-6-19(7-5-18)31(34,35)36)43-29(44(17)2)26-16-22(12-13-40-26)46-21-9-11-27-25(15-21)42-30(45(27)3)41-24-14-20(32(37,38)39)8-10-23(24)33/h4-16H,1-3H3,(H,41,42). The molecule has 3 aromatic heterocycles. The van der Waals surface area contributed by atoms with Crippen molar-refractivity contribution in [2.75, 3.05) is 5.32 Å². The number of halogens is 7. The summed E-state index contributed by atoms with van der Waals surface area (Å²) in [5.41, 5.74) is 1.12. The van der Waals surface area contributed by atoms with Crippen LogP contribution in [-0.4, -0.2) is 24.1 Å². The second kappa shape index (κ2) is 11.2. The van der Waals surface area contributed by atoms with Crippen LogP contribution in [0.3, 0.4) is 0 Å². The van der Waals surface area contributed by atoms with Gasteiger partial charge in [-0.15, -0.1) is 0 Å². The fourth-order valence-corrected chi connectivity index (χ4v) is 4.90. The number of alkyl halides is 6. The van der Waals surface area contributed by atoms with Crippen LogP contribution in [0.2, 0.25) is 0 Å². The Bertz CT molecular complexity index is 2080. The Morgan fingerprint density at radius 2 is 1.41 bits per heavy atom. The summed E-state index contributed by atoms with van der Waals surface area (Å²) in [7, 11) is 3.40. The summed E-state index contributed by atoms with van der Waals surface area (Å²) >= 11 is 0. The molecular weight excluding hydrogens is 617 g/mol. The molecule has 1 N–H and O–H groups in total. The van der Waals surface area contributed by atoms with Crippen LogP contribution in [0.1, 0.15) is 16.8 Å². The molecule has 7 nitrogen and oxygen atoms in total. The Kier molecular flexibility index (Phi) is 7.45. The predicted molar refractivity (Wildman–Crippen MR) is 157 cm³/mol. The summed E-state index contributed by atoms with van der Waals surface area (Å²) in [6.07, 6.45) is -7.56. The second-order valence-corrected chi connectivity index (χ2v) is 10.4. The number of pyridine rings is 1. The largest absolute Gasteiger partial charge is 0.457 e. The number of anilines is 2. The van der Waals surface area contributed by atoms with Crippen molar-refractivity contribution in [3.63, 3.8) is 0 Å². The molecule has 0 aliphatic rings. The van der Waals surface area contributed by atoms with Gasteiger partial charge in [0.1, 0.15) is 23.0 Å². The van der Waals surface area contributed by atoms with Crippen molar-refractivity contribution in [1.82, 2.24) is 24.1 Å². The molecule has 0 fully saturated rings. The van der Waals surface area contributed by atoms with E-state index in [0.717, 1.165) is 23.9 Å². The van der Waals surface area contributed by atoms with E-state index in [2.05, 4.69) is 20.3 Å². The Morgan fingerprint density at radius 1 is 0.739 bits per heavy atom. The second-order valence-electron chi connectivity index (χ2n) is 10.4. The van der Waals surface area contributed by atoms with Crippen molar-refractivity contribution in [1.29, 1.82) is 0 Å². The fraction of sp³-hybridized carbons (Fsp3) is 0.156. The molecule has 0 atom stereocenters. The van der Waals surface area contributed by atoms with E-state index < -0.39 is 29.3 Å². The first-order valence-corrected chi connectivity index (χ1v) is 13.6. The Hall–Kier alpha value is -5.40. The number of aryl methyl sites for hydroxylation is 1. The average Bonchev–Trinajstić information content (AvgIpc) is 3.47. The lowest BCUT2D eigenvalue weighted by atomic mass is 10.1. The zero-order chi connectivity index (χ0) is 33.0. The van der Waals surface area contributed by atoms with E-state index in [-0.39, 0.29) is 11.6 Å². The van der Waals surface area contributed by atoms with Gasteiger partial charge in [0, 0.05) is 43.7 Å². The molecule has 0 unspecified atom stereocenters. The van der Waals surface area contributed by atoms with Gasteiger partial charge in [-0.2, -0.15) is 26.3 Å². The van der Waals surface area contributed by atoms with Gasteiger partial charge in [0.2, 0.25) is 5.95 Å². The van der Waals surface area contributed by atoms with Gasteiger partial charge in [-0.3, -0.25) is 4.98 Å². The van der Waals surface area contributed by atoms with E-state index in [0.29, 0.717) is 57.4 Å². The number of nitrogens with zero attached hydrogens (tertiary/aromatic N) is 5. The Morgan fingerprint density at radius 3 is 2.11 bits per heavy atom. The zero-order valence-electron chi connectivity index (χ0n) is 24.3. The van der Waals surface area contributed by atoms with Gasteiger partial charge in [-0.05, 0) is 55.5 Å². The molecule has 0 aliphatic heterocycles. The maximum absolute atomic E-state index is 14.3. The first-order chi connectivity index (χ1) is 21.7. The minimum atomic E-state index is -4.64. The highest BCUT2D eigenvalue weighted by Crippen LogP contribution is 2.35. The minimum absolute atomic E-state index is 0.116. The topological polar surface area (TPSA) is 69.8 Å². The number of fused-ring (bicyclic) bond motifs is 1. The third-order valence-corrected chi connectivity index (χ3v) is 7.46. The minimum Gasteiger partial charge on any atom is -0.457 e. The van der Waals surface area contributed by atoms with E-state index in [9.17, 15) is 30.7 Å². The highest BCUT2D eigenvalue weighted by Gasteiger charge is 2.32. The lowest BCUT2D eigenvalue weighted by molar-refractivity contribution is -0.138. The average molecular weight is 641 g/mol. The van der Waals surface area contributed by atoms with Gasteiger partial charge in [0.05, 0.1) is 33.5 Å². The van der Waals surface area contributed by atoms with Gasteiger partial charge in [0.15, 0.2) is 5.82 Å². The summed E-state index contributed by atoms with van der Waals surface area (Å²) in [6, 6.07) is 15.1.